The van der Waals surface area contributed by atoms with Gasteiger partial charge in [0.05, 0.1) is 5.52 Å². The van der Waals surface area contributed by atoms with Gasteiger partial charge in [0.2, 0.25) is 0 Å². The third-order valence-corrected chi connectivity index (χ3v) is 4.34. The lowest BCUT2D eigenvalue weighted by Crippen LogP contribution is -2.27. The van der Waals surface area contributed by atoms with Gasteiger partial charge in [-0.15, -0.1) is 0 Å². The molecule has 0 aliphatic carbocycles. The Morgan fingerprint density at radius 3 is 2.86 bits per heavy atom. The Labute approximate surface area is 124 Å². The van der Waals surface area contributed by atoms with E-state index < -0.39 is 0 Å². The van der Waals surface area contributed by atoms with Crippen molar-refractivity contribution in [2.75, 3.05) is 5.32 Å². The van der Waals surface area contributed by atoms with E-state index in [4.69, 9.17) is 0 Å². The van der Waals surface area contributed by atoms with Crippen molar-refractivity contribution in [2.24, 2.45) is 0 Å². The minimum absolute atomic E-state index is 0.505. The molecular formula is C19H18N2. The molecule has 0 spiro atoms. The molecule has 1 aliphatic heterocycles. The van der Waals surface area contributed by atoms with Crippen LogP contribution in [0.15, 0.2) is 60.8 Å². The summed E-state index contributed by atoms with van der Waals surface area (Å²) in [6.07, 6.45) is 5.33. The monoisotopic (exact) mass is 274 g/mol. The Balaban J connectivity index is 1.62. The van der Waals surface area contributed by atoms with E-state index in [1.54, 1.807) is 0 Å². The van der Waals surface area contributed by atoms with Crippen LogP contribution >= 0.6 is 0 Å². The van der Waals surface area contributed by atoms with Crippen LogP contribution < -0.4 is 5.32 Å². The number of benzene rings is 2. The summed E-state index contributed by atoms with van der Waals surface area (Å²) in [5.41, 5.74) is 5.21. The third kappa shape index (κ3) is 2.38. The van der Waals surface area contributed by atoms with Gasteiger partial charge in [-0.25, -0.2) is 0 Å². The van der Waals surface area contributed by atoms with Gasteiger partial charge in [-0.2, -0.15) is 0 Å². The number of anilines is 1. The fourth-order valence-electron chi connectivity index (χ4n) is 3.25. The highest BCUT2D eigenvalue weighted by atomic mass is 14.9. The van der Waals surface area contributed by atoms with Gasteiger partial charge in [-0.1, -0.05) is 36.4 Å². The lowest BCUT2D eigenvalue weighted by atomic mass is 9.93. The van der Waals surface area contributed by atoms with Crippen LogP contribution in [0.2, 0.25) is 0 Å². The quantitative estimate of drug-likeness (QED) is 0.757. The van der Waals surface area contributed by atoms with Crippen LogP contribution in [0.3, 0.4) is 0 Å². The molecule has 1 aromatic heterocycles. The summed E-state index contributed by atoms with van der Waals surface area (Å²) in [5.74, 6) is 0. The maximum Gasteiger partial charge on any atom is 0.0704 e. The molecule has 0 radical (unpaired) electrons. The zero-order chi connectivity index (χ0) is 14.1. The van der Waals surface area contributed by atoms with Crippen molar-refractivity contribution in [3.8, 4) is 0 Å². The highest BCUT2D eigenvalue weighted by Gasteiger charge is 2.18. The summed E-state index contributed by atoms with van der Waals surface area (Å²) in [6, 6.07) is 19.7. The van der Waals surface area contributed by atoms with E-state index in [0.29, 0.717) is 6.04 Å². The summed E-state index contributed by atoms with van der Waals surface area (Å²) in [4.78, 5) is 4.45. The molecule has 21 heavy (non-hydrogen) atoms. The largest absolute Gasteiger partial charge is 0.382 e. The van der Waals surface area contributed by atoms with E-state index >= 15 is 0 Å². The fourth-order valence-corrected chi connectivity index (χ4v) is 3.25. The first kappa shape index (κ1) is 12.4. The Morgan fingerprint density at radius 2 is 1.86 bits per heavy atom. The van der Waals surface area contributed by atoms with Crippen LogP contribution in [-0.4, -0.2) is 11.0 Å². The van der Waals surface area contributed by atoms with Crippen molar-refractivity contribution in [3.63, 3.8) is 0 Å². The normalized spacial score (nSPS) is 17.2. The minimum atomic E-state index is 0.505. The first-order valence-electron chi connectivity index (χ1n) is 7.57. The standard InChI is InChI=1S/C19H18N2/c1-3-7-18-14(5-1)9-10-16(21-18)13-15-11-12-20-19-8-4-2-6-17(15)19/h1-8,11-12,16,21H,9-10,13H2. The molecule has 2 heteroatoms. The van der Waals surface area contributed by atoms with E-state index in [0.717, 1.165) is 18.4 Å². The van der Waals surface area contributed by atoms with E-state index in [1.807, 2.05) is 12.3 Å². The number of aryl methyl sites for hydroxylation is 1. The van der Waals surface area contributed by atoms with Crippen LogP contribution in [0.4, 0.5) is 5.69 Å². The molecule has 4 rings (SSSR count). The second kappa shape index (κ2) is 5.21. The van der Waals surface area contributed by atoms with Gasteiger partial charge in [-0.3, -0.25) is 4.98 Å². The molecule has 0 saturated heterocycles. The zero-order valence-electron chi connectivity index (χ0n) is 11.9. The fraction of sp³-hybridized carbons (Fsp3) is 0.211. The number of fused-ring (bicyclic) bond motifs is 2. The number of hydrogen-bond donors (Lipinski definition) is 1. The molecule has 0 bridgehead atoms. The van der Waals surface area contributed by atoms with Gasteiger partial charge in [0, 0.05) is 23.3 Å². The molecular weight excluding hydrogens is 256 g/mol. The first-order valence-corrected chi connectivity index (χ1v) is 7.57. The predicted molar refractivity (Wildman–Crippen MR) is 87.6 cm³/mol. The summed E-state index contributed by atoms with van der Waals surface area (Å²) in [7, 11) is 0. The Bertz CT molecular complexity index is 774. The predicted octanol–water partition coefficient (Wildman–Crippen LogP) is 4.20. The van der Waals surface area contributed by atoms with E-state index in [-0.39, 0.29) is 0 Å². The Hall–Kier alpha value is -2.35. The smallest absolute Gasteiger partial charge is 0.0704 e. The van der Waals surface area contributed by atoms with Crippen molar-refractivity contribution >= 4 is 16.6 Å². The lowest BCUT2D eigenvalue weighted by Gasteiger charge is -2.27. The van der Waals surface area contributed by atoms with Gasteiger partial charge in [-0.05, 0) is 48.6 Å². The molecule has 0 fully saturated rings. The van der Waals surface area contributed by atoms with Crippen LogP contribution in [0.5, 0.6) is 0 Å². The van der Waals surface area contributed by atoms with Gasteiger partial charge < -0.3 is 5.32 Å². The second-order valence-corrected chi connectivity index (χ2v) is 5.73. The maximum absolute atomic E-state index is 4.45. The van der Waals surface area contributed by atoms with E-state index in [2.05, 4.69) is 58.8 Å². The highest BCUT2D eigenvalue weighted by Crippen LogP contribution is 2.27. The number of nitrogens with one attached hydrogen (secondary N) is 1. The molecule has 0 saturated carbocycles. The van der Waals surface area contributed by atoms with Crippen molar-refractivity contribution in [1.82, 2.24) is 4.98 Å². The van der Waals surface area contributed by atoms with Crippen LogP contribution in [0, 0.1) is 0 Å². The molecule has 1 aliphatic rings. The minimum Gasteiger partial charge on any atom is -0.382 e. The van der Waals surface area contributed by atoms with E-state index in [9.17, 15) is 0 Å². The van der Waals surface area contributed by atoms with Crippen LogP contribution in [0.1, 0.15) is 17.5 Å². The van der Waals surface area contributed by atoms with Gasteiger partial charge >= 0.3 is 0 Å². The van der Waals surface area contributed by atoms with Crippen molar-refractivity contribution in [1.29, 1.82) is 0 Å². The van der Waals surface area contributed by atoms with Crippen molar-refractivity contribution in [2.45, 2.75) is 25.3 Å². The molecule has 2 heterocycles. The topological polar surface area (TPSA) is 24.9 Å². The lowest BCUT2D eigenvalue weighted by molar-refractivity contribution is 0.630. The summed E-state index contributed by atoms with van der Waals surface area (Å²) in [5, 5.41) is 4.97. The molecule has 3 aromatic rings. The van der Waals surface area contributed by atoms with Gasteiger partial charge in [0.25, 0.3) is 0 Å². The Morgan fingerprint density at radius 1 is 1.00 bits per heavy atom. The molecule has 1 unspecified atom stereocenters. The number of hydrogen-bond acceptors (Lipinski definition) is 2. The second-order valence-electron chi connectivity index (χ2n) is 5.73. The van der Waals surface area contributed by atoms with Gasteiger partial charge in [0.1, 0.15) is 0 Å². The van der Waals surface area contributed by atoms with Crippen molar-refractivity contribution in [3.05, 3.63) is 71.9 Å². The number of rotatable bonds is 2. The van der Waals surface area contributed by atoms with Crippen LogP contribution in [-0.2, 0) is 12.8 Å². The molecule has 1 N–H and O–H groups in total. The number of aromatic nitrogens is 1. The first-order chi connectivity index (χ1) is 10.4. The molecule has 2 nitrogen and oxygen atoms in total. The summed E-state index contributed by atoms with van der Waals surface area (Å²) < 4.78 is 0. The SMILES string of the molecule is c1ccc2c(c1)CCC(Cc1ccnc3ccccc13)N2. The zero-order valence-corrected chi connectivity index (χ0v) is 11.9. The molecule has 1 atom stereocenters. The number of para-hydroxylation sites is 2. The van der Waals surface area contributed by atoms with Crippen LogP contribution in [0.25, 0.3) is 10.9 Å². The number of nitrogens with zero attached hydrogens (tertiary/aromatic N) is 1. The molecule has 0 amide bonds. The maximum atomic E-state index is 4.45. The highest BCUT2D eigenvalue weighted by molar-refractivity contribution is 5.82. The Kier molecular flexibility index (Phi) is 3.07. The van der Waals surface area contributed by atoms with Crippen molar-refractivity contribution < 1.29 is 0 Å². The molecule has 104 valence electrons. The number of pyridine rings is 1. The third-order valence-electron chi connectivity index (χ3n) is 4.34. The average Bonchev–Trinajstić information content (AvgIpc) is 2.55. The van der Waals surface area contributed by atoms with E-state index in [1.165, 1.54) is 28.6 Å². The average molecular weight is 274 g/mol. The summed E-state index contributed by atoms with van der Waals surface area (Å²) >= 11 is 0. The van der Waals surface area contributed by atoms with Gasteiger partial charge in [0.15, 0.2) is 0 Å². The summed E-state index contributed by atoms with van der Waals surface area (Å²) in [6.45, 7) is 0. The molecule has 2 aromatic carbocycles.